The first kappa shape index (κ1) is 117. The predicted octanol–water partition coefficient (Wildman–Crippen LogP) is 8.32. The SMILES string of the molecule is O=C(CCOCCOCCOCCOCCN1C(=O)c2ccccc2C1=O)NC(COCCC(=O)Oc1c(F)c(F)cc(F)c1F)(COCCC(=O)Oc1c(F)c(F)cc(F)c1F)COCCC(=O)Oc1c(F)c(F)cc(F)c1F.O=C(O)CCOCC(COCCC(=O)O)(COCCC(=O)O)NC(=O)CCOCCOCCOCCOCCN1C(=O)c2ccccc2C1=O.Oc1c(F)c(F)cc(F)c1F. The van der Waals surface area contributed by atoms with Crippen molar-refractivity contribution in [1.82, 2.24) is 20.4 Å². The number of phenolic OH excluding ortho intramolecular Hbond substituents is 1. The van der Waals surface area contributed by atoms with Crippen LogP contribution >= 0.6 is 0 Å². The van der Waals surface area contributed by atoms with Gasteiger partial charge in [-0.1, -0.05) is 24.3 Å². The monoisotopic (exact) mass is 2040 g/mol. The highest BCUT2D eigenvalue weighted by Crippen LogP contribution is 2.32. The minimum absolute atomic E-state index is 0.00281. The molecule has 0 atom stereocenters. The number of aliphatic carboxylic acids is 3. The van der Waals surface area contributed by atoms with E-state index in [1.165, 1.54) is 0 Å². The molecule has 6 aromatic carbocycles. The Morgan fingerprint density at radius 2 is 0.454 bits per heavy atom. The number of hydrogen-bond acceptors (Lipinski definition) is 30. The standard InChI is InChI=1S/C50H46F12N2O16.C32H46N2O16.C6H2F4O/c51-29-21-30(52)40(58)45(39(29)57)78-36(66)6-11-75-24-50(25-76-12-7-37(67)79-46-41(59)31(53)22-32(54)42(46)60,26-77-13-8-38(68)80-47-43(61)33(55)23-34(56)44(47)62)63-35(65)5-10-71-15-17-73-19-20-74-18-16-72-14-9-64-48(69)27-3-1-2-4-28(27)49(64)70;35-26(33-32(21-48-11-6-27(36)37,22-49-12-7-28(38)39)23-50-13-8-29(40)41)5-10-44-15-17-46-19-20-47-18-16-45-14-9-34-30(42)24-3-1-2-4-25(24)31(34)43;7-2-1-3(8)5(10)6(11)4(2)9/h1-4,21-23H,5-20,24-26H2,(H,63,65);1-4H,5-23H2,(H,33,35)(H,36,37)(H,38,39)(H,40,41);1,11H. The smallest absolute Gasteiger partial charge is 0.313 e. The van der Waals surface area contributed by atoms with Crippen molar-refractivity contribution in [3.8, 4) is 23.0 Å². The number of fused-ring (bicyclic) bond motifs is 2. The number of phenols is 1. The summed E-state index contributed by atoms with van der Waals surface area (Å²) < 4.78 is 305. The highest BCUT2D eigenvalue weighted by Gasteiger charge is 2.40. The zero-order valence-electron chi connectivity index (χ0n) is 74.4. The third-order valence-electron chi connectivity index (χ3n) is 18.6. The predicted molar refractivity (Wildman–Crippen MR) is 440 cm³/mol. The van der Waals surface area contributed by atoms with Crippen LogP contribution < -0.4 is 24.8 Å². The molecule has 776 valence electrons. The van der Waals surface area contributed by atoms with Crippen molar-refractivity contribution in [1.29, 1.82) is 0 Å². The molecule has 0 aliphatic carbocycles. The Kier molecular flexibility index (Phi) is 50.9. The van der Waals surface area contributed by atoms with E-state index in [2.05, 4.69) is 24.8 Å². The second kappa shape index (κ2) is 61.2. The van der Waals surface area contributed by atoms with Crippen molar-refractivity contribution in [3.05, 3.63) is 188 Å². The number of carbonyl (C=O) groups is 12. The van der Waals surface area contributed by atoms with Gasteiger partial charge >= 0.3 is 35.8 Å². The second-order valence-corrected chi connectivity index (χ2v) is 29.3. The molecule has 37 nitrogen and oxygen atoms in total. The summed E-state index contributed by atoms with van der Waals surface area (Å²) in [7, 11) is 0. The molecule has 0 fully saturated rings. The van der Waals surface area contributed by atoms with Crippen molar-refractivity contribution >= 4 is 71.3 Å². The van der Waals surface area contributed by atoms with Crippen LogP contribution in [-0.2, 0) is 105 Å². The molecule has 0 aromatic heterocycles. The lowest BCUT2D eigenvalue weighted by atomic mass is 10.0. The van der Waals surface area contributed by atoms with Crippen molar-refractivity contribution in [2.45, 2.75) is 62.4 Å². The summed E-state index contributed by atoms with van der Waals surface area (Å²) in [6, 6.07) is 12.7. The van der Waals surface area contributed by atoms with Gasteiger partial charge in [-0.15, -0.1) is 0 Å². The maximum absolute atomic E-state index is 14.2. The summed E-state index contributed by atoms with van der Waals surface area (Å²) in [5.41, 5.74) is -1.99. The molecular weight excluding hydrogens is 1940 g/mol. The topological polar surface area (TPSA) is 473 Å². The number of imide groups is 2. The van der Waals surface area contributed by atoms with E-state index in [9.17, 15) is 128 Å². The Balaban J connectivity index is 0.000000422. The summed E-state index contributed by atoms with van der Waals surface area (Å²) in [6.07, 6.45) is -4.20. The van der Waals surface area contributed by atoms with E-state index in [4.69, 9.17) is 86.7 Å². The summed E-state index contributed by atoms with van der Waals surface area (Å²) in [5.74, 6) is -48.1. The third kappa shape index (κ3) is 39.5. The molecule has 6 amide bonds. The molecule has 0 spiro atoms. The quantitative estimate of drug-likeness (QED) is 0.00521. The highest BCUT2D eigenvalue weighted by molar-refractivity contribution is 6.22. The molecule has 8 rings (SSSR count). The summed E-state index contributed by atoms with van der Waals surface area (Å²) >= 11 is 0. The lowest BCUT2D eigenvalue weighted by molar-refractivity contribution is -0.141. The average Bonchev–Trinajstić information content (AvgIpc) is 1.64. The van der Waals surface area contributed by atoms with Crippen LogP contribution in [0.5, 0.6) is 23.0 Å². The number of carboxylic acids is 3. The number of amides is 6. The van der Waals surface area contributed by atoms with Gasteiger partial charge in [0.1, 0.15) is 11.1 Å². The van der Waals surface area contributed by atoms with E-state index >= 15 is 0 Å². The number of carboxylic acid groups (broad SMARTS) is 3. The lowest BCUT2D eigenvalue weighted by Gasteiger charge is -2.34. The van der Waals surface area contributed by atoms with Crippen LogP contribution in [0.1, 0.15) is 92.8 Å². The van der Waals surface area contributed by atoms with Crippen LogP contribution in [-0.4, -0.2) is 311 Å². The van der Waals surface area contributed by atoms with Crippen molar-refractivity contribution in [2.24, 2.45) is 0 Å². The van der Waals surface area contributed by atoms with Gasteiger partial charge in [0.25, 0.3) is 23.6 Å². The van der Waals surface area contributed by atoms with Crippen LogP contribution in [0.4, 0.5) is 70.2 Å². The zero-order chi connectivity index (χ0) is 104. The maximum atomic E-state index is 14.2. The minimum atomic E-state index is -2.06. The van der Waals surface area contributed by atoms with Crippen LogP contribution in [0.15, 0.2) is 72.8 Å². The van der Waals surface area contributed by atoms with Crippen LogP contribution in [0, 0.1) is 93.1 Å². The minimum Gasteiger partial charge on any atom is -0.503 e. The molecule has 0 radical (unpaired) electrons. The third-order valence-corrected chi connectivity index (χ3v) is 18.6. The number of ether oxygens (including phenoxy) is 17. The number of rotatable bonds is 65. The molecule has 0 unspecified atom stereocenters. The van der Waals surface area contributed by atoms with Crippen LogP contribution in [0.2, 0.25) is 0 Å². The maximum Gasteiger partial charge on any atom is 0.313 e. The Bertz CT molecular complexity index is 4790. The lowest BCUT2D eigenvalue weighted by Crippen LogP contribution is -2.59. The van der Waals surface area contributed by atoms with Gasteiger partial charge in [0, 0.05) is 37.1 Å². The Hall–Kier alpha value is -12.5. The van der Waals surface area contributed by atoms with Crippen LogP contribution in [0.25, 0.3) is 0 Å². The molecule has 2 aliphatic heterocycles. The molecule has 6 N–H and O–H groups in total. The van der Waals surface area contributed by atoms with Crippen molar-refractivity contribution in [3.63, 3.8) is 0 Å². The van der Waals surface area contributed by atoms with Gasteiger partial charge in [-0.25, -0.2) is 35.1 Å². The average molecular weight is 2040 g/mol. The van der Waals surface area contributed by atoms with Gasteiger partial charge < -0.3 is 112 Å². The van der Waals surface area contributed by atoms with E-state index < -0.39 is 252 Å². The van der Waals surface area contributed by atoms with Gasteiger partial charge in [0.15, 0.2) is 52.3 Å². The molecule has 2 heterocycles. The molecule has 0 saturated heterocycles. The van der Waals surface area contributed by atoms with E-state index in [0.717, 1.165) is 9.80 Å². The van der Waals surface area contributed by atoms with Gasteiger partial charge in [-0.05, 0) is 24.3 Å². The van der Waals surface area contributed by atoms with Gasteiger partial charge in [-0.2, -0.15) is 35.1 Å². The molecule has 53 heteroatoms. The number of esters is 3. The first-order chi connectivity index (χ1) is 67.2. The second-order valence-electron chi connectivity index (χ2n) is 29.3. The molecule has 141 heavy (non-hydrogen) atoms. The van der Waals surface area contributed by atoms with Crippen molar-refractivity contribution < 1.29 is 229 Å². The number of hydrogen-bond donors (Lipinski definition) is 6. The Morgan fingerprint density at radius 1 is 0.262 bits per heavy atom. The summed E-state index contributed by atoms with van der Waals surface area (Å²) in [5, 5.41) is 40.2. The normalized spacial score (nSPS) is 12.3. The Morgan fingerprint density at radius 3 is 0.674 bits per heavy atom. The molecule has 2 aliphatic rings. The number of aromatic hydroxyl groups is 1. The molecule has 0 bridgehead atoms. The van der Waals surface area contributed by atoms with E-state index in [1.807, 2.05) is 0 Å². The molecule has 0 saturated carbocycles. The summed E-state index contributed by atoms with van der Waals surface area (Å²) in [4.78, 5) is 148. The van der Waals surface area contributed by atoms with E-state index in [1.54, 1.807) is 48.5 Å². The fourth-order valence-corrected chi connectivity index (χ4v) is 11.8. The number of nitrogens with zero attached hydrogens (tertiary/aromatic N) is 2. The fraction of sp³-hybridized carbons (Fsp3) is 0.455. The van der Waals surface area contributed by atoms with Crippen molar-refractivity contribution in [2.75, 3.05) is 198 Å². The Labute approximate surface area is 789 Å². The van der Waals surface area contributed by atoms with E-state index in [0.29, 0.717) is 35.5 Å². The zero-order valence-corrected chi connectivity index (χ0v) is 74.4. The van der Waals surface area contributed by atoms with Gasteiger partial charge in [-0.3, -0.25) is 67.3 Å². The number of carbonyl (C=O) groups excluding carboxylic acids is 9. The summed E-state index contributed by atoms with van der Waals surface area (Å²) in [6.45, 7) is -3.90. The van der Waals surface area contributed by atoms with E-state index in [-0.39, 0.29) is 207 Å². The van der Waals surface area contributed by atoms with Gasteiger partial charge in [0.2, 0.25) is 75.6 Å². The van der Waals surface area contributed by atoms with Crippen LogP contribution in [0.3, 0.4) is 0 Å². The van der Waals surface area contributed by atoms with Gasteiger partial charge in [0.05, 0.1) is 259 Å². The highest BCUT2D eigenvalue weighted by atomic mass is 19.2. The largest absolute Gasteiger partial charge is 0.503 e. The number of halogens is 16. The molecule has 6 aromatic rings. The fourth-order valence-electron chi connectivity index (χ4n) is 11.8. The first-order valence-electron chi connectivity index (χ1n) is 42.1. The first-order valence-corrected chi connectivity index (χ1v) is 42.1. The number of nitrogens with one attached hydrogen (secondary N) is 2. The number of benzene rings is 6. The molecular formula is C88H94F16N4O33.